The lowest BCUT2D eigenvalue weighted by Crippen LogP contribution is -2.27. The van der Waals surface area contributed by atoms with Crippen molar-refractivity contribution in [2.45, 2.75) is 45.7 Å². The number of nitrogens with one attached hydrogen (secondary N) is 1. The van der Waals surface area contributed by atoms with Gasteiger partial charge in [-0.3, -0.25) is 14.5 Å². The number of hydrogen-bond acceptors (Lipinski definition) is 3. The van der Waals surface area contributed by atoms with Crippen molar-refractivity contribution in [2.24, 2.45) is 0 Å². The summed E-state index contributed by atoms with van der Waals surface area (Å²) in [5, 5.41) is 3.10. The van der Waals surface area contributed by atoms with Crippen molar-refractivity contribution in [1.29, 1.82) is 0 Å². The number of carbonyl (C=O) groups excluding carboxylic acids is 2. The molecular formula is C30H33N3O2. The quantitative estimate of drug-likeness (QED) is 0.521. The van der Waals surface area contributed by atoms with Crippen molar-refractivity contribution < 1.29 is 9.59 Å². The number of rotatable bonds is 7. The van der Waals surface area contributed by atoms with Crippen LogP contribution in [0.2, 0.25) is 0 Å². The molecule has 2 amide bonds. The fourth-order valence-electron chi connectivity index (χ4n) is 5.22. The molecule has 5 heteroatoms. The van der Waals surface area contributed by atoms with Crippen LogP contribution in [0.25, 0.3) is 11.1 Å². The summed E-state index contributed by atoms with van der Waals surface area (Å²) >= 11 is 0. The summed E-state index contributed by atoms with van der Waals surface area (Å²) in [5.41, 5.74) is 7.38. The maximum atomic E-state index is 13.0. The van der Waals surface area contributed by atoms with Crippen LogP contribution >= 0.6 is 0 Å². The van der Waals surface area contributed by atoms with Crippen molar-refractivity contribution in [2.75, 3.05) is 24.5 Å². The van der Waals surface area contributed by atoms with E-state index in [1.165, 1.54) is 37.1 Å². The van der Waals surface area contributed by atoms with Gasteiger partial charge in [-0.2, -0.15) is 0 Å². The minimum atomic E-state index is -0.0937. The molecule has 3 aromatic rings. The summed E-state index contributed by atoms with van der Waals surface area (Å²) in [6.07, 6.45) is 3.89. The summed E-state index contributed by atoms with van der Waals surface area (Å²) in [7, 11) is 0. The van der Waals surface area contributed by atoms with Crippen molar-refractivity contribution in [3.8, 4) is 11.1 Å². The molecule has 1 N–H and O–H groups in total. The van der Waals surface area contributed by atoms with E-state index >= 15 is 0 Å². The highest BCUT2D eigenvalue weighted by atomic mass is 16.2. The van der Waals surface area contributed by atoms with Gasteiger partial charge in [0, 0.05) is 37.3 Å². The van der Waals surface area contributed by atoms with E-state index in [1.54, 1.807) is 0 Å². The predicted octanol–water partition coefficient (Wildman–Crippen LogP) is 5.18. The van der Waals surface area contributed by atoms with Crippen LogP contribution in [0.5, 0.6) is 0 Å². The SMILES string of the molecule is CCC(=O)N1CCc2cc(C(=O)NCc3ccccc3-c3ccc(CN4CCCC4)cc3)ccc21. The Kier molecular flexibility index (Phi) is 6.96. The van der Waals surface area contributed by atoms with E-state index in [2.05, 4.69) is 46.6 Å². The molecule has 0 aliphatic carbocycles. The largest absolute Gasteiger partial charge is 0.348 e. The van der Waals surface area contributed by atoms with Crippen LogP contribution in [0.4, 0.5) is 5.69 Å². The second-order valence-electron chi connectivity index (χ2n) is 9.51. The molecule has 0 saturated carbocycles. The molecule has 0 spiro atoms. The zero-order valence-electron chi connectivity index (χ0n) is 20.4. The summed E-state index contributed by atoms with van der Waals surface area (Å²) in [4.78, 5) is 29.4. The van der Waals surface area contributed by atoms with Gasteiger partial charge in [0.15, 0.2) is 0 Å². The van der Waals surface area contributed by atoms with Crippen LogP contribution in [0.3, 0.4) is 0 Å². The average Bonchev–Trinajstić information content (AvgIpc) is 3.57. The Balaban J connectivity index is 1.25. The summed E-state index contributed by atoms with van der Waals surface area (Å²) < 4.78 is 0. The van der Waals surface area contributed by atoms with E-state index in [9.17, 15) is 9.59 Å². The highest BCUT2D eigenvalue weighted by molar-refractivity contribution is 5.98. The van der Waals surface area contributed by atoms with E-state index in [1.807, 2.05) is 42.2 Å². The van der Waals surface area contributed by atoms with Gasteiger partial charge < -0.3 is 10.2 Å². The Hall–Kier alpha value is -3.44. The molecule has 5 rings (SSSR count). The van der Waals surface area contributed by atoms with Crippen LogP contribution in [0, 0.1) is 0 Å². The maximum Gasteiger partial charge on any atom is 0.251 e. The molecular weight excluding hydrogens is 434 g/mol. The third-order valence-electron chi connectivity index (χ3n) is 7.17. The summed E-state index contributed by atoms with van der Waals surface area (Å²) in [6.45, 7) is 6.44. The molecule has 2 aliphatic rings. The van der Waals surface area contributed by atoms with Gasteiger partial charge in [0.25, 0.3) is 5.91 Å². The Bertz CT molecular complexity index is 1210. The zero-order chi connectivity index (χ0) is 24.2. The Morgan fingerprint density at radius 1 is 0.914 bits per heavy atom. The minimum absolute atomic E-state index is 0.0937. The first-order chi connectivity index (χ1) is 17.1. The zero-order valence-corrected chi connectivity index (χ0v) is 20.4. The van der Waals surface area contributed by atoms with E-state index < -0.39 is 0 Å². The van der Waals surface area contributed by atoms with Gasteiger partial charge in [-0.25, -0.2) is 0 Å². The fraction of sp³-hybridized carbons (Fsp3) is 0.333. The Labute approximate surface area is 207 Å². The lowest BCUT2D eigenvalue weighted by Gasteiger charge is -2.16. The average molecular weight is 468 g/mol. The van der Waals surface area contributed by atoms with E-state index in [-0.39, 0.29) is 11.8 Å². The molecule has 0 radical (unpaired) electrons. The van der Waals surface area contributed by atoms with Gasteiger partial charge in [-0.15, -0.1) is 0 Å². The van der Waals surface area contributed by atoms with Crippen molar-refractivity contribution in [3.05, 3.63) is 89.0 Å². The van der Waals surface area contributed by atoms with Crippen LogP contribution < -0.4 is 10.2 Å². The number of likely N-dealkylation sites (tertiary alicyclic amines) is 1. The van der Waals surface area contributed by atoms with E-state index in [4.69, 9.17) is 0 Å². The molecule has 0 aromatic heterocycles. The third kappa shape index (κ3) is 5.15. The normalized spacial score (nSPS) is 15.3. The van der Waals surface area contributed by atoms with Crippen molar-refractivity contribution >= 4 is 17.5 Å². The molecule has 2 heterocycles. The van der Waals surface area contributed by atoms with Crippen LogP contribution in [-0.4, -0.2) is 36.3 Å². The number of anilines is 1. The Morgan fingerprint density at radius 2 is 1.69 bits per heavy atom. The fourth-order valence-corrected chi connectivity index (χ4v) is 5.22. The highest BCUT2D eigenvalue weighted by Crippen LogP contribution is 2.30. The molecule has 1 saturated heterocycles. The Morgan fingerprint density at radius 3 is 2.46 bits per heavy atom. The van der Waals surface area contributed by atoms with Crippen molar-refractivity contribution in [3.63, 3.8) is 0 Å². The monoisotopic (exact) mass is 467 g/mol. The molecule has 0 atom stereocenters. The van der Waals surface area contributed by atoms with E-state index in [0.29, 0.717) is 25.1 Å². The molecule has 0 bridgehead atoms. The maximum absolute atomic E-state index is 13.0. The number of hydrogen-bond donors (Lipinski definition) is 1. The highest BCUT2D eigenvalue weighted by Gasteiger charge is 2.24. The van der Waals surface area contributed by atoms with Gasteiger partial charge in [0.05, 0.1) is 0 Å². The van der Waals surface area contributed by atoms with E-state index in [0.717, 1.165) is 35.3 Å². The first kappa shape index (κ1) is 23.3. The van der Waals surface area contributed by atoms with Gasteiger partial charge in [-0.05, 0) is 78.4 Å². The van der Waals surface area contributed by atoms with Crippen molar-refractivity contribution in [1.82, 2.24) is 10.2 Å². The van der Waals surface area contributed by atoms with Gasteiger partial charge >= 0.3 is 0 Å². The van der Waals surface area contributed by atoms with Gasteiger partial charge in [0.2, 0.25) is 5.91 Å². The lowest BCUT2D eigenvalue weighted by molar-refractivity contribution is -0.118. The molecule has 3 aromatic carbocycles. The molecule has 35 heavy (non-hydrogen) atoms. The van der Waals surface area contributed by atoms with Crippen LogP contribution in [-0.2, 0) is 24.3 Å². The predicted molar refractivity (Wildman–Crippen MR) is 140 cm³/mol. The number of nitrogens with zero attached hydrogens (tertiary/aromatic N) is 2. The minimum Gasteiger partial charge on any atom is -0.348 e. The summed E-state index contributed by atoms with van der Waals surface area (Å²) in [6, 6.07) is 22.7. The van der Waals surface area contributed by atoms with Crippen LogP contribution in [0.1, 0.15) is 53.2 Å². The number of carbonyl (C=O) groups is 2. The standard InChI is InChI=1S/C30H33N3O2/c1-2-29(34)33-18-15-24-19-25(13-14-28(24)33)30(35)31-20-26-7-3-4-8-27(26)23-11-9-22(10-12-23)21-32-16-5-6-17-32/h3-4,7-14,19H,2,5-6,15-18,20-21H2,1H3,(H,31,35). The van der Waals surface area contributed by atoms with Gasteiger partial charge in [0.1, 0.15) is 0 Å². The number of fused-ring (bicyclic) bond motifs is 1. The van der Waals surface area contributed by atoms with Gasteiger partial charge in [-0.1, -0.05) is 55.5 Å². The molecule has 2 aliphatic heterocycles. The second-order valence-corrected chi connectivity index (χ2v) is 9.51. The second kappa shape index (κ2) is 10.4. The first-order valence-electron chi connectivity index (χ1n) is 12.7. The molecule has 5 nitrogen and oxygen atoms in total. The first-order valence-corrected chi connectivity index (χ1v) is 12.7. The number of amides is 2. The molecule has 180 valence electrons. The topological polar surface area (TPSA) is 52.7 Å². The van der Waals surface area contributed by atoms with Crippen LogP contribution in [0.15, 0.2) is 66.7 Å². The third-order valence-corrected chi connectivity index (χ3v) is 7.17. The molecule has 1 fully saturated rings. The number of benzene rings is 3. The lowest BCUT2D eigenvalue weighted by atomic mass is 9.98. The smallest absolute Gasteiger partial charge is 0.251 e. The summed E-state index contributed by atoms with van der Waals surface area (Å²) in [5.74, 6) is 0.0328. The molecule has 0 unspecified atom stereocenters.